The molecule has 1 heterocycles. The Balaban J connectivity index is 0. The van der Waals surface area contributed by atoms with Gasteiger partial charge in [-0.2, -0.15) is 0 Å². The first-order valence-electron chi connectivity index (χ1n) is 9.20. The monoisotopic (exact) mass is 340 g/mol. The highest BCUT2D eigenvalue weighted by Crippen LogP contribution is 2.08. The number of hydrogen-bond acceptors (Lipinski definition) is 5. The summed E-state index contributed by atoms with van der Waals surface area (Å²) in [6.45, 7) is 8.49. The Morgan fingerprint density at radius 3 is 1.92 bits per heavy atom. The molecule has 0 radical (unpaired) electrons. The molecule has 5 heteroatoms. The molecule has 5 nitrogen and oxygen atoms in total. The van der Waals surface area contributed by atoms with Crippen LogP contribution in [0, 0.1) is 6.92 Å². The van der Waals surface area contributed by atoms with E-state index in [2.05, 4.69) is 9.97 Å². The van der Waals surface area contributed by atoms with E-state index in [0.29, 0.717) is 19.6 Å². The number of ether oxygens (including phenoxy) is 1. The molecule has 0 saturated heterocycles. The summed E-state index contributed by atoms with van der Waals surface area (Å²) in [5.41, 5.74) is 0. The fourth-order valence-corrected chi connectivity index (χ4v) is 1.87. The highest BCUT2D eigenvalue weighted by atomic mass is 16.5. The number of rotatable bonds is 10. The number of carbonyl (C=O) groups is 1. The van der Waals surface area contributed by atoms with Crippen LogP contribution in [0.1, 0.15) is 78.0 Å². The maximum absolute atomic E-state index is 11.0. The number of aryl methyl sites for hydroxylation is 1. The number of unbranched alkanes of at least 4 members (excludes halogenated alkanes) is 6. The van der Waals surface area contributed by atoms with E-state index in [1.165, 1.54) is 19.3 Å². The van der Waals surface area contributed by atoms with Crippen LogP contribution >= 0.6 is 0 Å². The molecule has 0 atom stereocenters. The summed E-state index contributed by atoms with van der Waals surface area (Å²) in [4.78, 5) is 18.7. The van der Waals surface area contributed by atoms with E-state index >= 15 is 0 Å². The Bertz CT molecular complexity index is 359. The topological polar surface area (TPSA) is 72.3 Å². The fraction of sp³-hybridized carbons (Fsp3) is 0.737. The van der Waals surface area contributed by atoms with Gasteiger partial charge >= 0.3 is 5.97 Å². The van der Waals surface area contributed by atoms with Crippen LogP contribution in [0.15, 0.2) is 18.5 Å². The Morgan fingerprint density at radius 1 is 1.00 bits per heavy atom. The largest absolute Gasteiger partial charge is 0.466 e. The molecule has 0 spiro atoms. The Morgan fingerprint density at radius 2 is 1.50 bits per heavy atom. The summed E-state index contributed by atoms with van der Waals surface area (Å²) in [5, 5.41) is 8.57. The zero-order valence-corrected chi connectivity index (χ0v) is 16.0. The number of aliphatic hydroxyl groups is 1. The summed E-state index contributed by atoms with van der Waals surface area (Å²) < 4.78 is 4.83. The van der Waals surface area contributed by atoms with Crippen LogP contribution < -0.4 is 0 Å². The van der Waals surface area contributed by atoms with E-state index in [1.807, 2.05) is 27.7 Å². The normalized spacial score (nSPS) is 9.21. The van der Waals surface area contributed by atoms with Crippen molar-refractivity contribution in [3.8, 4) is 0 Å². The van der Waals surface area contributed by atoms with Crippen molar-refractivity contribution in [2.24, 2.45) is 0 Å². The van der Waals surface area contributed by atoms with Crippen molar-refractivity contribution in [1.29, 1.82) is 0 Å². The molecule has 0 fully saturated rings. The van der Waals surface area contributed by atoms with Crippen molar-refractivity contribution >= 4 is 5.97 Å². The standard InChI is InChI=1S/C12H24O3.C5H6N2.C2H6/c1-2-15-12(14)10-8-6-4-3-5-7-9-11-13;1-5-6-3-2-4-7-5;1-2/h13H,2-11H2,1H3;2-4H,1H3;1-2H3. The van der Waals surface area contributed by atoms with Crippen molar-refractivity contribution < 1.29 is 14.6 Å². The maximum atomic E-state index is 11.0. The van der Waals surface area contributed by atoms with Crippen LogP contribution in [-0.2, 0) is 9.53 Å². The molecule has 0 unspecified atom stereocenters. The predicted octanol–water partition coefficient (Wildman–Crippen LogP) is 4.47. The first-order valence-corrected chi connectivity index (χ1v) is 9.20. The quantitative estimate of drug-likeness (QED) is 0.502. The van der Waals surface area contributed by atoms with Crippen LogP contribution in [0.3, 0.4) is 0 Å². The van der Waals surface area contributed by atoms with Gasteiger partial charge in [-0.1, -0.05) is 46.0 Å². The van der Waals surface area contributed by atoms with Crippen molar-refractivity contribution in [2.45, 2.75) is 79.1 Å². The van der Waals surface area contributed by atoms with Gasteiger partial charge in [0.15, 0.2) is 0 Å². The van der Waals surface area contributed by atoms with Crippen LogP contribution in [0.4, 0.5) is 0 Å². The molecule has 140 valence electrons. The third-order valence-electron chi connectivity index (χ3n) is 3.04. The van der Waals surface area contributed by atoms with Crippen molar-refractivity contribution in [2.75, 3.05) is 13.2 Å². The van der Waals surface area contributed by atoms with E-state index in [0.717, 1.165) is 31.5 Å². The second kappa shape index (κ2) is 21.5. The van der Waals surface area contributed by atoms with E-state index in [9.17, 15) is 4.79 Å². The van der Waals surface area contributed by atoms with Gasteiger partial charge in [-0.25, -0.2) is 9.97 Å². The number of aromatic nitrogens is 2. The molecule has 0 saturated carbocycles. The molecule has 0 aliphatic carbocycles. The van der Waals surface area contributed by atoms with Gasteiger partial charge in [-0.3, -0.25) is 4.79 Å². The fourth-order valence-electron chi connectivity index (χ4n) is 1.87. The molecule has 24 heavy (non-hydrogen) atoms. The third-order valence-corrected chi connectivity index (χ3v) is 3.04. The molecule has 0 aliphatic heterocycles. The van der Waals surface area contributed by atoms with Crippen LogP contribution in [-0.4, -0.2) is 34.3 Å². The number of carbonyl (C=O) groups excluding carboxylic acids is 1. The zero-order chi connectivity index (χ0) is 18.5. The van der Waals surface area contributed by atoms with Crippen LogP contribution in [0.25, 0.3) is 0 Å². The highest BCUT2D eigenvalue weighted by molar-refractivity contribution is 5.69. The van der Waals surface area contributed by atoms with E-state index in [4.69, 9.17) is 9.84 Å². The van der Waals surface area contributed by atoms with E-state index in [-0.39, 0.29) is 5.97 Å². The molecule has 1 aromatic rings. The number of nitrogens with zero attached hydrogens (tertiary/aromatic N) is 2. The Kier molecular flexibility index (Phi) is 22.2. The summed E-state index contributed by atoms with van der Waals surface area (Å²) in [6.07, 6.45) is 11.7. The second-order valence-electron chi connectivity index (χ2n) is 5.05. The molecule has 0 amide bonds. The van der Waals surface area contributed by atoms with Gasteiger partial charge in [0.25, 0.3) is 0 Å². The summed E-state index contributed by atoms with van der Waals surface area (Å²) >= 11 is 0. The average Bonchev–Trinajstić information content (AvgIpc) is 2.60. The minimum Gasteiger partial charge on any atom is -0.466 e. The minimum absolute atomic E-state index is 0.0715. The summed E-state index contributed by atoms with van der Waals surface area (Å²) in [5.74, 6) is 0.750. The molecule has 0 aromatic carbocycles. The van der Waals surface area contributed by atoms with Gasteiger partial charge in [-0.15, -0.1) is 0 Å². The van der Waals surface area contributed by atoms with Gasteiger partial charge in [0.1, 0.15) is 5.82 Å². The Hall–Kier alpha value is -1.49. The minimum atomic E-state index is -0.0715. The summed E-state index contributed by atoms with van der Waals surface area (Å²) in [6, 6.07) is 1.80. The van der Waals surface area contributed by atoms with Gasteiger partial charge in [0, 0.05) is 25.4 Å². The van der Waals surface area contributed by atoms with Gasteiger partial charge in [0.05, 0.1) is 6.61 Å². The lowest BCUT2D eigenvalue weighted by molar-refractivity contribution is -0.143. The van der Waals surface area contributed by atoms with Crippen molar-refractivity contribution in [3.05, 3.63) is 24.3 Å². The van der Waals surface area contributed by atoms with E-state index in [1.54, 1.807) is 18.5 Å². The molecule has 1 aromatic heterocycles. The number of esters is 1. The molecule has 0 aliphatic rings. The highest BCUT2D eigenvalue weighted by Gasteiger charge is 2.00. The first kappa shape index (κ1) is 24.8. The lowest BCUT2D eigenvalue weighted by atomic mass is 10.1. The van der Waals surface area contributed by atoms with Gasteiger partial charge in [0.2, 0.25) is 0 Å². The smallest absolute Gasteiger partial charge is 0.305 e. The van der Waals surface area contributed by atoms with Gasteiger partial charge < -0.3 is 9.84 Å². The SMILES string of the molecule is CC.CCOC(=O)CCCCCCCCCO.Cc1ncccn1. The van der Waals surface area contributed by atoms with Crippen LogP contribution in [0.5, 0.6) is 0 Å². The number of hydrogen-bond donors (Lipinski definition) is 1. The zero-order valence-electron chi connectivity index (χ0n) is 16.0. The van der Waals surface area contributed by atoms with Crippen molar-refractivity contribution in [1.82, 2.24) is 9.97 Å². The molecular formula is C19H36N2O3. The lowest BCUT2D eigenvalue weighted by Crippen LogP contribution is -2.03. The first-order chi connectivity index (χ1) is 11.7. The summed E-state index contributed by atoms with van der Waals surface area (Å²) in [7, 11) is 0. The second-order valence-corrected chi connectivity index (χ2v) is 5.05. The van der Waals surface area contributed by atoms with Gasteiger partial charge in [-0.05, 0) is 32.8 Å². The lowest BCUT2D eigenvalue weighted by Gasteiger charge is -2.02. The molecule has 0 bridgehead atoms. The van der Waals surface area contributed by atoms with E-state index < -0.39 is 0 Å². The third kappa shape index (κ3) is 20.5. The molecule has 1 rings (SSSR count). The van der Waals surface area contributed by atoms with Crippen LogP contribution in [0.2, 0.25) is 0 Å². The van der Waals surface area contributed by atoms with Crippen molar-refractivity contribution in [3.63, 3.8) is 0 Å². The Labute approximate surface area is 147 Å². The molecular weight excluding hydrogens is 304 g/mol. The maximum Gasteiger partial charge on any atom is 0.305 e. The average molecular weight is 341 g/mol. The molecule has 1 N–H and O–H groups in total. The number of aliphatic hydroxyl groups excluding tert-OH is 1. The predicted molar refractivity (Wildman–Crippen MR) is 98.8 cm³/mol.